The second-order valence-corrected chi connectivity index (χ2v) is 6.14. The Bertz CT molecular complexity index is 686. The molecule has 2 rings (SSSR count). The van der Waals surface area contributed by atoms with Crippen LogP contribution in [0.4, 0.5) is 5.69 Å². The number of carbonyl (C=O) groups excluding carboxylic acids is 1. The van der Waals surface area contributed by atoms with Gasteiger partial charge in [0.1, 0.15) is 11.5 Å². The summed E-state index contributed by atoms with van der Waals surface area (Å²) in [6.07, 6.45) is 4.68. The summed E-state index contributed by atoms with van der Waals surface area (Å²) in [5.41, 5.74) is 1.18. The Morgan fingerprint density at radius 3 is 2.48 bits per heavy atom. The maximum absolute atomic E-state index is 12.3. The van der Waals surface area contributed by atoms with E-state index in [2.05, 4.69) is 12.2 Å². The van der Waals surface area contributed by atoms with Gasteiger partial charge in [-0.25, -0.2) is 0 Å². The number of unbranched alkanes of at least 4 members (excludes halogenated alkanes) is 3. The Labute approximate surface area is 154 Å². The SMILES string of the molecule is CCCCCCOc1ccc(C(=O)Nc2ccc(OC)c(Cl)c2)cc1. The maximum Gasteiger partial charge on any atom is 0.255 e. The zero-order chi connectivity index (χ0) is 18.1. The highest BCUT2D eigenvalue weighted by Crippen LogP contribution is 2.27. The van der Waals surface area contributed by atoms with Crippen LogP contribution in [-0.2, 0) is 0 Å². The van der Waals surface area contributed by atoms with Crippen molar-refractivity contribution in [3.63, 3.8) is 0 Å². The van der Waals surface area contributed by atoms with Crippen LogP contribution >= 0.6 is 11.6 Å². The zero-order valence-electron chi connectivity index (χ0n) is 14.7. The topological polar surface area (TPSA) is 47.6 Å². The fourth-order valence-corrected chi connectivity index (χ4v) is 2.63. The van der Waals surface area contributed by atoms with Crippen LogP contribution in [0.5, 0.6) is 11.5 Å². The number of methoxy groups -OCH3 is 1. The van der Waals surface area contributed by atoms with Gasteiger partial charge in [-0.2, -0.15) is 0 Å². The van der Waals surface area contributed by atoms with E-state index in [0.29, 0.717) is 28.6 Å². The lowest BCUT2D eigenvalue weighted by atomic mass is 10.2. The molecular formula is C20H24ClNO3. The summed E-state index contributed by atoms with van der Waals surface area (Å²) in [6.45, 7) is 2.89. The quantitative estimate of drug-likeness (QED) is 0.595. The summed E-state index contributed by atoms with van der Waals surface area (Å²) >= 11 is 6.07. The Hall–Kier alpha value is -2.20. The van der Waals surface area contributed by atoms with E-state index < -0.39 is 0 Å². The van der Waals surface area contributed by atoms with Crippen LogP contribution in [0.2, 0.25) is 5.02 Å². The van der Waals surface area contributed by atoms with Gasteiger partial charge in [0.15, 0.2) is 0 Å². The number of nitrogens with one attached hydrogen (secondary N) is 1. The first-order valence-corrected chi connectivity index (χ1v) is 8.89. The molecule has 134 valence electrons. The van der Waals surface area contributed by atoms with Crippen LogP contribution in [0, 0.1) is 0 Å². The molecule has 0 spiro atoms. The standard InChI is InChI=1S/C20H24ClNO3/c1-3-4-5-6-13-25-17-10-7-15(8-11-17)20(23)22-16-9-12-19(24-2)18(21)14-16/h7-12,14H,3-6,13H2,1-2H3,(H,22,23). The molecule has 0 aliphatic heterocycles. The minimum absolute atomic E-state index is 0.198. The van der Waals surface area contributed by atoms with E-state index in [1.165, 1.54) is 19.3 Å². The average Bonchev–Trinajstić information content (AvgIpc) is 2.62. The molecule has 2 aromatic carbocycles. The first kappa shape index (κ1) is 19.1. The number of anilines is 1. The van der Waals surface area contributed by atoms with Crippen LogP contribution in [0.3, 0.4) is 0 Å². The third-order valence-corrected chi connectivity index (χ3v) is 4.09. The van der Waals surface area contributed by atoms with Crippen molar-refractivity contribution in [2.75, 3.05) is 19.0 Å². The summed E-state index contributed by atoms with van der Waals surface area (Å²) in [4.78, 5) is 12.3. The Morgan fingerprint density at radius 1 is 1.08 bits per heavy atom. The minimum Gasteiger partial charge on any atom is -0.495 e. The monoisotopic (exact) mass is 361 g/mol. The molecule has 0 aromatic heterocycles. The molecule has 0 fully saturated rings. The van der Waals surface area contributed by atoms with Gasteiger partial charge in [-0.1, -0.05) is 37.8 Å². The third-order valence-electron chi connectivity index (χ3n) is 3.79. The molecule has 0 unspecified atom stereocenters. The molecule has 5 heteroatoms. The van der Waals surface area contributed by atoms with E-state index in [-0.39, 0.29) is 5.91 Å². The molecule has 0 aliphatic rings. The maximum atomic E-state index is 12.3. The van der Waals surface area contributed by atoms with Crippen LogP contribution in [-0.4, -0.2) is 19.6 Å². The van der Waals surface area contributed by atoms with Gasteiger partial charge >= 0.3 is 0 Å². The number of carbonyl (C=O) groups is 1. The molecule has 1 amide bonds. The van der Waals surface area contributed by atoms with Crippen LogP contribution in [0.25, 0.3) is 0 Å². The molecule has 0 aliphatic carbocycles. The number of rotatable bonds is 9. The van der Waals surface area contributed by atoms with E-state index in [4.69, 9.17) is 21.1 Å². The summed E-state index contributed by atoms with van der Waals surface area (Å²) in [6, 6.07) is 12.3. The summed E-state index contributed by atoms with van der Waals surface area (Å²) in [5.74, 6) is 1.15. The molecule has 0 saturated heterocycles. The highest BCUT2D eigenvalue weighted by molar-refractivity contribution is 6.32. The molecule has 0 heterocycles. The van der Waals surface area contributed by atoms with E-state index in [1.54, 1.807) is 37.4 Å². The molecule has 1 N–H and O–H groups in total. The summed E-state index contributed by atoms with van der Waals surface area (Å²) in [7, 11) is 1.55. The number of benzene rings is 2. The number of hydrogen-bond acceptors (Lipinski definition) is 3. The van der Waals surface area contributed by atoms with Gasteiger partial charge in [0.2, 0.25) is 0 Å². The van der Waals surface area contributed by atoms with Gasteiger partial charge in [-0.15, -0.1) is 0 Å². The number of amides is 1. The molecule has 0 bridgehead atoms. The van der Waals surface area contributed by atoms with Crippen molar-refractivity contribution in [3.05, 3.63) is 53.1 Å². The van der Waals surface area contributed by atoms with Gasteiger partial charge in [-0.3, -0.25) is 4.79 Å². The van der Waals surface area contributed by atoms with Crippen molar-refractivity contribution >= 4 is 23.2 Å². The predicted octanol–water partition coefficient (Wildman–Crippen LogP) is 5.56. The summed E-state index contributed by atoms with van der Waals surface area (Å²) < 4.78 is 10.8. The zero-order valence-corrected chi connectivity index (χ0v) is 15.4. The Kier molecular flexibility index (Phi) is 7.61. The molecule has 2 aromatic rings. The number of ether oxygens (including phenoxy) is 2. The lowest BCUT2D eigenvalue weighted by molar-refractivity contribution is 0.102. The molecular weight excluding hydrogens is 338 g/mol. The van der Waals surface area contributed by atoms with Crippen LogP contribution in [0.1, 0.15) is 43.0 Å². The van der Waals surface area contributed by atoms with Gasteiger partial charge in [0.25, 0.3) is 5.91 Å². The average molecular weight is 362 g/mol. The first-order valence-electron chi connectivity index (χ1n) is 8.51. The van der Waals surface area contributed by atoms with Crippen LogP contribution < -0.4 is 14.8 Å². The Balaban J connectivity index is 1.88. The number of halogens is 1. The van der Waals surface area contributed by atoms with Crippen molar-refractivity contribution in [3.8, 4) is 11.5 Å². The van der Waals surface area contributed by atoms with Crippen molar-refractivity contribution in [1.29, 1.82) is 0 Å². The normalized spacial score (nSPS) is 10.4. The fourth-order valence-electron chi connectivity index (χ4n) is 2.37. The lowest BCUT2D eigenvalue weighted by Crippen LogP contribution is -2.11. The lowest BCUT2D eigenvalue weighted by Gasteiger charge is -2.09. The number of hydrogen-bond donors (Lipinski definition) is 1. The second-order valence-electron chi connectivity index (χ2n) is 5.74. The minimum atomic E-state index is -0.198. The van der Waals surface area contributed by atoms with Gasteiger partial charge in [0.05, 0.1) is 18.7 Å². The first-order chi connectivity index (χ1) is 12.1. The Morgan fingerprint density at radius 2 is 1.84 bits per heavy atom. The molecule has 0 saturated carbocycles. The van der Waals surface area contributed by atoms with E-state index >= 15 is 0 Å². The van der Waals surface area contributed by atoms with Crippen molar-refractivity contribution in [1.82, 2.24) is 0 Å². The molecule has 25 heavy (non-hydrogen) atoms. The third kappa shape index (κ3) is 5.98. The fraction of sp³-hybridized carbons (Fsp3) is 0.350. The highest BCUT2D eigenvalue weighted by Gasteiger charge is 2.08. The van der Waals surface area contributed by atoms with E-state index in [9.17, 15) is 4.79 Å². The van der Waals surface area contributed by atoms with Gasteiger partial charge < -0.3 is 14.8 Å². The summed E-state index contributed by atoms with van der Waals surface area (Å²) in [5, 5.41) is 3.27. The van der Waals surface area contributed by atoms with E-state index in [1.807, 2.05) is 12.1 Å². The molecule has 0 atom stereocenters. The largest absolute Gasteiger partial charge is 0.495 e. The molecule has 0 radical (unpaired) electrons. The van der Waals surface area contributed by atoms with Gasteiger partial charge in [-0.05, 0) is 48.9 Å². The highest BCUT2D eigenvalue weighted by atomic mass is 35.5. The van der Waals surface area contributed by atoms with Crippen LogP contribution in [0.15, 0.2) is 42.5 Å². The predicted molar refractivity (Wildman–Crippen MR) is 102 cm³/mol. The van der Waals surface area contributed by atoms with Crippen molar-refractivity contribution < 1.29 is 14.3 Å². The second kappa shape index (κ2) is 9.94. The smallest absolute Gasteiger partial charge is 0.255 e. The van der Waals surface area contributed by atoms with Gasteiger partial charge in [0, 0.05) is 11.3 Å². The van der Waals surface area contributed by atoms with E-state index in [0.717, 1.165) is 12.2 Å². The van der Waals surface area contributed by atoms with Crippen molar-refractivity contribution in [2.24, 2.45) is 0 Å². The molecule has 4 nitrogen and oxygen atoms in total. The van der Waals surface area contributed by atoms with Crippen molar-refractivity contribution in [2.45, 2.75) is 32.6 Å².